The van der Waals surface area contributed by atoms with Gasteiger partial charge in [0.05, 0.1) is 4.47 Å². The second-order valence-electron chi connectivity index (χ2n) is 5.79. The lowest BCUT2D eigenvalue weighted by Gasteiger charge is -2.17. The number of carbonyl (C=O) groups is 1. The van der Waals surface area contributed by atoms with Gasteiger partial charge in [0.1, 0.15) is 5.75 Å². The predicted molar refractivity (Wildman–Crippen MR) is 95.0 cm³/mol. The number of hydrogen-bond donors (Lipinski definition) is 1. The van der Waals surface area contributed by atoms with Gasteiger partial charge in [0, 0.05) is 17.0 Å². The van der Waals surface area contributed by atoms with Crippen molar-refractivity contribution in [2.24, 2.45) is 0 Å². The van der Waals surface area contributed by atoms with Gasteiger partial charge in [-0.05, 0) is 52.5 Å². The summed E-state index contributed by atoms with van der Waals surface area (Å²) in [5.41, 5.74) is 1.40. The van der Waals surface area contributed by atoms with Crippen molar-refractivity contribution in [3.05, 3.63) is 63.6 Å². The zero-order chi connectivity index (χ0) is 16.3. The van der Waals surface area contributed by atoms with Crippen LogP contribution in [0.3, 0.4) is 0 Å². The third kappa shape index (κ3) is 4.06. The Bertz CT molecular complexity index is 701. The molecule has 3 nitrogen and oxygen atoms in total. The molecule has 1 amide bonds. The molecule has 2 aromatic carbocycles. The van der Waals surface area contributed by atoms with Crippen molar-refractivity contribution in [1.82, 2.24) is 5.32 Å². The molecule has 5 heteroatoms. The highest BCUT2D eigenvalue weighted by molar-refractivity contribution is 9.10. The van der Waals surface area contributed by atoms with Crippen molar-refractivity contribution in [2.45, 2.75) is 18.3 Å². The molecule has 120 valence electrons. The fraction of sp³-hybridized carbons (Fsp3) is 0.278. The smallest absolute Gasteiger partial charge is 0.257 e. The highest BCUT2D eigenvalue weighted by Gasteiger charge is 2.44. The number of halogens is 2. The molecule has 0 bridgehead atoms. The monoisotopic (exact) mass is 393 g/mol. The van der Waals surface area contributed by atoms with Crippen LogP contribution in [0.5, 0.6) is 5.75 Å². The molecule has 0 atom stereocenters. The third-order valence-electron chi connectivity index (χ3n) is 4.12. The lowest BCUT2D eigenvalue weighted by Crippen LogP contribution is -2.35. The minimum atomic E-state index is -0.117. The van der Waals surface area contributed by atoms with Crippen molar-refractivity contribution in [2.75, 3.05) is 13.2 Å². The van der Waals surface area contributed by atoms with Gasteiger partial charge in [-0.25, -0.2) is 0 Å². The summed E-state index contributed by atoms with van der Waals surface area (Å²) in [5, 5.41) is 3.60. The maximum atomic E-state index is 12.0. The van der Waals surface area contributed by atoms with E-state index in [0.29, 0.717) is 17.3 Å². The van der Waals surface area contributed by atoms with E-state index in [1.807, 2.05) is 18.2 Å². The van der Waals surface area contributed by atoms with Crippen molar-refractivity contribution in [3.63, 3.8) is 0 Å². The molecule has 1 aliphatic rings. The summed E-state index contributed by atoms with van der Waals surface area (Å²) in [7, 11) is 0. The van der Waals surface area contributed by atoms with Crippen LogP contribution >= 0.6 is 27.5 Å². The van der Waals surface area contributed by atoms with Crippen molar-refractivity contribution < 1.29 is 9.53 Å². The third-order valence-corrected chi connectivity index (χ3v) is 4.97. The van der Waals surface area contributed by atoms with Crippen molar-refractivity contribution >= 4 is 33.4 Å². The molecule has 23 heavy (non-hydrogen) atoms. The fourth-order valence-corrected chi connectivity index (χ4v) is 3.36. The van der Waals surface area contributed by atoms with Crippen LogP contribution < -0.4 is 10.1 Å². The first-order chi connectivity index (χ1) is 11.1. The van der Waals surface area contributed by atoms with E-state index in [0.717, 1.165) is 17.3 Å². The lowest BCUT2D eigenvalue weighted by molar-refractivity contribution is -0.123. The Labute approximate surface area is 149 Å². The molecule has 0 heterocycles. The summed E-state index contributed by atoms with van der Waals surface area (Å²) >= 11 is 9.25. The SMILES string of the molecule is O=C(COc1ccc(Cl)cc1Br)NCC1(c2ccccc2)CC1. The molecular formula is C18H17BrClNO2. The van der Waals surface area contributed by atoms with Crippen LogP contribution in [-0.2, 0) is 10.2 Å². The number of amides is 1. The largest absolute Gasteiger partial charge is 0.483 e. The van der Waals surface area contributed by atoms with Gasteiger partial charge in [0.15, 0.2) is 6.61 Å². The normalized spacial score (nSPS) is 15.0. The van der Waals surface area contributed by atoms with Crippen LogP contribution in [0.1, 0.15) is 18.4 Å². The van der Waals surface area contributed by atoms with E-state index in [1.54, 1.807) is 18.2 Å². The maximum absolute atomic E-state index is 12.0. The zero-order valence-electron chi connectivity index (χ0n) is 12.5. The van der Waals surface area contributed by atoms with Gasteiger partial charge < -0.3 is 10.1 Å². The van der Waals surface area contributed by atoms with Gasteiger partial charge >= 0.3 is 0 Å². The number of nitrogens with one attached hydrogen (secondary N) is 1. The molecule has 0 aromatic heterocycles. The van der Waals surface area contributed by atoms with E-state index in [4.69, 9.17) is 16.3 Å². The van der Waals surface area contributed by atoms with Gasteiger partial charge in [0.2, 0.25) is 0 Å². The standard InChI is InChI=1S/C18H17BrClNO2/c19-15-10-14(20)6-7-16(15)23-11-17(22)21-12-18(8-9-18)13-4-2-1-3-5-13/h1-7,10H,8-9,11-12H2,(H,21,22). The van der Waals surface area contributed by atoms with E-state index in [1.165, 1.54) is 5.56 Å². The first-order valence-corrected chi connectivity index (χ1v) is 8.66. The Morgan fingerprint density at radius 1 is 1.22 bits per heavy atom. The molecule has 3 rings (SSSR count). The minimum Gasteiger partial charge on any atom is -0.483 e. The van der Waals surface area contributed by atoms with Gasteiger partial charge in [-0.15, -0.1) is 0 Å². The topological polar surface area (TPSA) is 38.3 Å². The molecule has 0 spiro atoms. The lowest BCUT2D eigenvalue weighted by atomic mass is 9.96. The van der Waals surface area contributed by atoms with Gasteiger partial charge in [-0.2, -0.15) is 0 Å². The fourth-order valence-electron chi connectivity index (χ4n) is 2.56. The minimum absolute atomic E-state index is 0.00883. The van der Waals surface area contributed by atoms with Gasteiger partial charge in [-0.3, -0.25) is 4.79 Å². The van der Waals surface area contributed by atoms with E-state index in [-0.39, 0.29) is 17.9 Å². The van der Waals surface area contributed by atoms with Crippen LogP contribution in [-0.4, -0.2) is 19.1 Å². The summed E-state index contributed by atoms with van der Waals surface area (Å²) in [6.45, 7) is 0.645. The Morgan fingerprint density at radius 3 is 2.61 bits per heavy atom. The number of rotatable bonds is 6. The van der Waals surface area contributed by atoms with Crippen LogP contribution in [0.25, 0.3) is 0 Å². The van der Waals surface area contributed by atoms with E-state index >= 15 is 0 Å². The first-order valence-electron chi connectivity index (χ1n) is 7.49. The Morgan fingerprint density at radius 2 is 1.96 bits per heavy atom. The second-order valence-corrected chi connectivity index (χ2v) is 7.08. The van der Waals surface area contributed by atoms with Crippen LogP contribution in [0.2, 0.25) is 5.02 Å². The molecule has 0 unspecified atom stereocenters. The van der Waals surface area contributed by atoms with E-state index < -0.39 is 0 Å². The predicted octanol–water partition coefficient (Wildman–Crippen LogP) is 4.33. The quantitative estimate of drug-likeness (QED) is 0.792. The van der Waals surface area contributed by atoms with Gasteiger partial charge in [-0.1, -0.05) is 41.9 Å². The average Bonchev–Trinajstić information content (AvgIpc) is 3.34. The highest BCUT2D eigenvalue weighted by Crippen LogP contribution is 2.47. The molecule has 1 N–H and O–H groups in total. The van der Waals surface area contributed by atoms with Gasteiger partial charge in [0.25, 0.3) is 5.91 Å². The van der Waals surface area contributed by atoms with Crippen LogP contribution in [0, 0.1) is 0 Å². The molecule has 0 saturated heterocycles. The molecule has 0 radical (unpaired) electrons. The molecule has 1 fully saturated rings. The number of hydrogen-bond acceptors (Lipinski definition) is 2. The molecule has 1 saturated carbocycles. The summed E-state index contributed by atoms with van der Waals surface area (Å²) < 4.78 is 6.26. The number of ether oxygens (including phenoxy) is 1. The van der Waals surface area contributed by atoms with E-state index in [9.17, 15) is 4.79 Å². The second kappa shape index (κ2) is 6.93. The Balaban J connectivity index is 1.50. The summed E-state index contributed by atoms with van der Waals surface area (Å²) in [4.78, 5) is 12.0. The Kier molecular flexibility index (Phi) is 4.93. The molecule has 1 aliphatic carbocycles. The molecule has 2 aromatic rings. The number of benzene rings is 2. The van der Waals surface area contributed by atoms with E-state index in [2.05, 4.69) is 33.4 Å². The average molecular weight is 395 g/mol. The summed E-state index contributed by atoms with van der Waals surface area (Å²) in [6, 6.07) is 15.6. The van der Waals surface area contributed by atoms with Crippen LogP contribution in [0.15, 0.2) is 53.0 Å². The van der Waals surface area contributed by atoms with Crippen molar-refractivity contribution in [1.29, 1.82) is 0 Å². The highest BCUT2D eigenvalue weighted by atomic mass is 79.9. The zero-order valence-corrected chi connectivity index (χ0v) is 14.9. The molecular weight excluding hydrogens is 378 g/mol. The summed E-state index contributed by atoms with van der Waals surface area (Å²) in [6.07, 6.45) is 2.22. The number of carbonyl (C=O) groups excluding carboxylic acids is 1. The molecule has 0 aliphatic heterocycles. The van der Waals surface area contributed by atoms with Crippen molar-refractivity contribution in [3.8, 4) is 5.75 Å². The van der Waals surface area contributed by atoms with Crippen LogP contribution in [0.4, 0.5) is 0 Å². The first kappa shape index (κ1) is 16.3. The maximum Gasteiger partial charge on any atom is 0.257 e. The summed E-state index contributed by atoms with van der Waals surface area (Å²) in [5.74, 6) is 0.489. The Hall–Kier alpha value is -1.52.